The third-order valence-electron chi connectivity index (χ3n) is 3.34. The molecule has 2 heterocycles. The zero-order valence-electron chi connectivity index (χ0n) is 11.3. The molecule has 1 aromatic heterocycles. The summed E-state index contributed by atoms with van der Waals surface area (Å²) in [6.07, 6.45) is 5.38. The number of aryl methyl sites for hydroxylation is 2. The van der Waals surface area contributed by atoms with E-state index in [0.717, 1.165) is 31.6 Å². The number of carbonyl (C=O) groups excluding carboxylic acids is 2. The van der Waals surface area contributed by atoms with Gasteiger partial charge in [0, 0.05) is 19.2 Å². The van der Waals surface area contributed by atoms with Crippen LogP contribution in [0.2, 0.25) is 0 Å². The van der Waals surface area contributed by atoms with Crippen LogP contribution >= 0.6 is 0 Å². The average Bonchev–Trinajstić information content (AvgIpc) is 2.87. The van der Waals surface area contributed by atoms with Crippen molar-refractivity contribution in [2.45, 2.75) is 45.2 Å². The highest BCUT2D eigenvalue weighted by Gasteiger charge is 2.22. The highest BCUT2D eigenvalue weighted by molar-refractivity contribution is 5.95. The SMILES string of the molecule is CCC(NC(=O)c1cn2c(n1)CCCC2)C(=O)OC. The van der Waals surface area contributed by atoms with Gasteiger partial charge in [-0.05, 0) is 19.3 Å². The summed E-state index contributed by atoms with van der Waals surface area (Å²) in [5, 5.41) is 2.65. The molecule has 0 radical (unpaired) electrons. The van der Waals surface area contributed by atoms with Gasteiger partial charge in [0.25, 0.3) is 5.91 Å². The summed E-state index contributed by atoms with van der Waals surface area (Å²) in [5.74, 6) is 0.196. The summed E-state index contributed by atoms with van der Waals surface area (Å²) < 4.78 is 6.65. The number of ether oxygens (including phenoxy) is 1. The Kier molecular flexibility index (Phi) is 4.19. The quantitative estimate of drug-likeness (QED) is 0.821. The van der Waals surface area contributed by atoms with Gasteiger partial charge in [-0.15, -0.1) is 0 Å². The van der Waals surface area contributed by atoms with Crippen molar-refractivity contribution in [3.8, 4) is 0 Å². The Hall–Kier alpha value is -1.85. The van der Waals surface area contributed by atoms with E-state index in [4.69, 9.17) is 0 Å². The van der Waals surface area contributed by atoms with Crippen molar-refractivity contribution >= 4 is 11.9 Å². The van der Waals surface area contributed by atoms with Gasteiger partial charge in [0.05, 0.1) is 7.11 Å². The molecule has 0 saturated heterocycles. The van der Waals surface area contributed by atoms with Gasteiger partial charge in [-0.25, -0.2) is 9.78 Å². The molecule has 19 heavy (non-hydrogen) atoms. The van der Waals surface area contributed by atoms with Crippen molar-refractivity contribution in [2.24, 2.45) is 0 Å². The standard InChI is InChI=1S/C13H19N3O3/c1-3-9(13(18)19-2)15-12(17)10-8-16-7-5-4-6-11(16)14-10/h8-9H,3-7H2,1-2H3,(H,15,17). The monoisotopic (exact) mass is 265 g/mol. The van der Waals surface area contributed by atoms with Crippen molar-refractivity contribution in [1.29, 1.82) is 0 Å². The van der Waals surface area contributed by atoms with Gasteiger partial charge >= 0.3 is 5.97 Å². The van der Waals surface area contributed by atoms with E-state index in [1.807, 2.05) is 11.5 Å². The first kappa shape index (κ1) is 13.6. The molecule has 104 valence electrons. The molecule has 1 aromatic rings. The van der Waals surface area contributed by atoms with Crippen LogP contribution in [-0.4, -0.2) is 34.6 Å². The van der Waals surface area contributed by atoms with Crippen molar-refractivity contribution < 1.29 is 14.3 Å². The molecular weight excluding hydrogens is 246 g/mol. The van der Waals surface area contributed by atoms with Gasteiger partial charge in [0.2, 0.25) is 0 Å². The molecule has 6 heteroatoms. The van der Waals surface area contributed by atoms with E-state index in [9.17, 15) is 9.59 Å². The predicted octanol–water partition coefficient (Wildman–Crippen LogP) is 0.901. The summed E-state index contributed by atoms with van der Waals surface area (Å²) >= 11 is 0. The molecule has 0 spiro atoms. The van der Waals surface area contributed by atoms with Crippen LogP contribution in [0, 0.1) is 0 Å². The van der Waals surface area contributed by atoms with E-state index >= 15 is 0 Å². The lowest BCUT2D eigenvalue weighted by atomic mass is 10.2. The first-order valence-corrected chi connectivity index (χ1v) is 6.60. The molecule has 0 fully saturated rings. The van der Waals surface area contributed by atoms with Crippen molar-refractivity contribution in [3.63, 3.8) is 0 Å². The maximum absolute atomic E-state index is 12.1. The van der Waals surface area contributed by atoms with Gasteiger partial charge < -0.3 is 14.6 Å². The highest BCUT2D eigenvalue weighted by atomic mass is 16.5. The van der Waals surface area contributed by atoms with E-state index < -0.39 is 12.0 Å². The molecule has 1 atom stereocenters. The van der Waals surface area contributed by atoms with Gasteiger partial charge in [0.1, 0.15) is 17.6 Å². The van der Waals surface area contributed by atoms with Gasteiger partial charge in [-0.3, -0.25) is 4.79 Å². The van der Waals surface area contributed by atoms with Crippen LogP contribution in [0.1, 0.15) is 42.5 Å². The smallest absolute Gasteiger partial charge is 0.328 e. The minimum Gasteiger partial charge on any atom is -0.467 e. The summed E-state index contributed by atoms with van der Waals surface area (Å²) in [4.78, 5) is 27.8. The molecule has 1 aliphatic heterocycles. The average molecular weight is 265 g/mol. The van der Waals surface area contributed by atoms with Gasteiger partial charge in [-0.2, -0.15) is 0 Å². The second-order valence-corrected chi connectivity index (χ2v) is 4.65. The Morgan fingerprint density at radius 2 is 2.32 bits per heavy atom. The fraction of sp³-hybridized carbons (Fsp3) is 0.615. The molecule has 1 N–H and O–H groups in total. The van der Waals surface area contributed by atoms with Gasteiger partial charge in [-0.1, -0.05) is 6.92 Å². The molecule has 1 aliphatic rings. The Balaban J connectivity index is 2.07. The minimum atomic E-state index is -0.615. The molecule has 0 aliphatic carbocycles. The fourth-order valence-electron chi connectivity index (χ4n) is 2.22. The minimum absolute atomic E-state index is 0.320. The van der Waals surface area contributed by atoms with Crippen molar-refractivity contribution in [3.05, 3.63) is 17.7 Å². The summed E-state index contributed by atoms with van der Waals surface area (Å²) in [5.41, 5.74) is 0.374. The van der Waals surface area contributed by atoms with Crippen LogP contribution in [0.25, 0.3) is 0 Å². The second kappa shape index (κ2) is 5.86. The third kappa shape index (κ3) is 2.94. The summed E-state index contributed by atoms with van der Waals surface area (Å²) in [6.45, 7) is 2.73. The zero-order valence-corrected chi connectivity index (χ0v) is 11.3. The Morgan fingerprint density at radius 1 is 1.53 bits per heavy atom. The summed E-state index contributed by atoms with van der Waals surface area (Å²) in [6, 6.07) is -0.615. The molecule has 0 bridgehead atoms. The Bertz CT molecular complexity index is 458. The maximum atomic E-state index is 12.1. The molecule has 6 nitrogen and oxygen atoms in total. The molecule has 1 unspecified atom stereocenters. The lowest BCUT2D eigenvalue weighted by Gasteiger charge is -2.13. The number of hydrogen-bond donors (Lipinski definition) is 1. The highest BCUT2D eigenvalue weighted by Crippen LogP contribution is 2.14. The number of hydrogen-bond acceptors (Lipinski definition) is 4. The van der Waals surface area contributed by atoms with Crippen LogP contribution in [0.5, 0.6) is 0 Å². The molecule has 0 aromatic carbocycles. The predicted molar refractivity (Wildman–Crippen MR) is 68.7 cm³/mol. The van der Waals surface area contributed by atoms with E-state index in [1.54, 1.807) is 6.20 Å². The number of fused-ring (bicyclic) bond motifs is 1. The number of carbonyl (C=O) groups is 2. The molecule has 1 amide bonds. The zero-order chi connectivity index (χ0) is 13.8. The first-order valence-electron chi connectivity index (χ1n) is 6.60. The Labute approximate surface area is 112 Å². The maximum Gasteiger partial charge on any atom is 0.328 e. The largest absolute Gasteiger partial charge is 0.467 e. The molecule has 0 saturated carbocycles. The van der Waals surface area contributed by atoms with E-state index in [1.165, 1.54) is 7.11 Å². The van der Waals surface area contributed by atoms with Crippen LogP contribution in [0.3, 0.4) is 0 Å². The second-order valence-electron chi connectivity index (χ2n) is 4.65. The number of rotatable bonds is 4. The van der Waals surface area contributed by atoms with Crippen LogP contribution in [0.15, 0.2) is 6.20 Å². The number of imidazole rings is 1. The van der Waals surface area contributed by atoms with E-state index in [-0.39, 0.29) is 5.91 Å². The normalized spacial score (nSPS) is 15.5. The number of nitrogens with zero attached hydrogens (tertiary/aromatic N) is 2. The topological polar surface area (TPSA) is 73.2 Å². The summed E-state index contributed by atoms with van der Waals surface area (Å²) in [7, 11) is 1.31. The molecular formula is C13H19N3O3. The van der Waals surface area contributed by atoms with Gasteiger partial charge in [0.15, 0.2) is 0 Å². The fourth-order valence-corrected chi connectivity index (χ4v) is 2.22. The van der Waals surface area contributed by atoms with E-state index in [0.29, 0.717) is 12.1 Å². The number of amides is 1. The third-order valence-corrected chi connectivity index (χ3v) is 3.34. The Morgan fingerprint density at radius 3 is 2.95 bits per heavy atom. The van der Waals surface area contributed by atoms with Crippen LogP contribution in [-0.2, 0) is 22.5 Å². The number of aromatic nitrogens is 2. The van der Waals surface area contributed by atoms with Crippen LogP contribution < -0.4 is 5.32 Å². The first-order chi connectivity index (χ1) is 9.15. The number of nitrogens with one attached hydrogen (secondary N) is 1. The van der Waals surface area contributed by atoms with Crippen molar-refractivity contribution in [1.82, 2.24) is 14.9 Å². The lowest BCUT2D eigenvalue weighted by Crippen LogP contribution is -2.41. The number of methoxy groups -OCH3 is 1. The lowest BCUT2D eigenvalue weighted by molar-refractivity contribution is -0.142. The van der Waals surface area contributed by atoms with Crippen LogP contribution in [0.4, 0.5) is 0 Å². The molecule has 2 rings (SSSR count). The van der Waals surface area contributed by atoms with Crippen molar-refractivity contribution in [2.75, 3.05) is 7.11 Å². The van der Waals surface area contributed by atoms with E-state index in [2.05, 4.69) is 15.0 Å². The number of esters is 1.